The normalized spacial score (nSPS) is 26.5. The predicted molar refractivity (Wildman–Crippen MR) is 46.5 cm³/mol. The van der Waals surface area contributed by atoms with Crippen LogP contribution in [0.3, 0.4) is 0 Å². The number of thioether (sulfide) groups is 1. The van der Waals surface area contributed by atoms with Crippen LogP contribution in [-0.4, -0.2) is 36.8 Å². The molecular weight excluding hydrogens is 198 g/mol. The summed E-state index contributed by atoms with van der Waals surface area (Å²) in [6, 6.07) is 1.31. The van der Waals surface area contributed by atoms with E-state index in [4.69, 9.17) is 10.4 Å². The molecule has 1 saturated heterocycles. The predicted octanol–water partition coefficient (Wildman–Crippen LogP) is -0.869. The second kappa shape index (κ2) is 3.62. The molecule has 1 atom stereocenters. The zero-order valence-electron chi connectivity index (χ0n) is 6.30. The summed E-state index contributed by atoms with van der Waals surface area (Å²) < 4.78 is 22.8. The molecule has 0 radical (unpaired) electrons. The third-order valence-electron chi connectivity index (χ3n) is 1.56. The first kappa shape index (κ1) is 9.80. The largest absolute Gasteiger partial charge is 0.278 e. The van der Waals surface area contributed by atoms with E-state index in [1.54, 1.807) is 11.8 Å². The summed E-state index contributed by atoms with van der Waals surface area (Å²) in [5.41, 5.74) is 0. The molecule has 0 saturated carbocycles. The minimum atomic E-state index is -3.69. The van der Waals surface area contributed by atoms with Gasteiger partial charge in [-0.15, -0.1) is 0 Å². The SMILES string of the molecule is N#CC1CSCCN1S(N)(=O)=O. The Labute approximate surface area is 75.7 Å². The average molecular weight is 207 g/mol. The monoisotopic (exact) mass is 207 g/mol. The maximum atomic E-state index is 10.9. The molecule has 12 heavy (non-hydrogen) atoms. The Morgan fingerprint density at radius 3 is 2.75 bits per heavy atom. The fraction of sp³-hybridized carbons (Fsp3) is 0.800. The van der Waals surface area contributed by atoms with Gasteiger partial charge in [0.1, 0.15) is 6.04 Å². The summed E-state index contributed by atoms with van der Waals surface area (Å²) in [6.07, 6.45) is 0. The minimum Gasteiger partial charge on any atom is -0.216 e. The summed E-state index contributed by atoms with van der Waals surface area (Å²) >= 11 is 1.56. The van der Waals surface area contributed by atoms with Gasteiger partial charge < -0.3 is 0 Å². The first-order chi connectivity index (χ1) is 5.55. The Morgan fingerprint density at radius 1 is 1.67 bits per heavy atom. The molecule has 68 valence electrons. The fourth-order valence-electron chi connectivity index (χ4n) is 0.995. The van der Waals surface area contributed by atoms with Crippen molar-refractivity contribution in [3.8, 4) is 6.07 Å². The Kier molecular flexibility index (Phi) is 2.95. The van der Waals surface area contributed by atoms with Gasteiger partial charge in [-0.05, 0) is 0 Å². The van der Waals surface area contributed by atoms with Gasteiger partial charge in [0.15, 0.2) is 0 Å². The van der Waals surface area contributed by atoms with Crippen molar-refractivity contribution in [2.24, 2.45) is 5.14 Å². The topological polar surface area (TPSA) is 87.2 Å². The van der Waals surface area contributed by atoms with Crippen molar-refractivity contribution in [2.45, 2.75) is 6.04 Å². The Hall–Kier alpha value is -0.290. The van der Waals surface area contributed by atoms with Crippen LogP contribution in [0.25, 0.3) is 0 Å². The van der Waals surface area contributed by atoms with E-state index < -0.39 is 16.3 Å². The molecule has 1 rings (SSSR count). The molecule has 0 aromatic heterocycles. The molecular formula is C5H9N3O2S2. The van der Waals surface area contributed by atoms with E-state index >= 15 is 0 Å². The molecule has 1 unspecified atom stereocenters. The van der Waals surface area contributed by atoms with Crippen LogP contribution in [0.2, 0.25) is 0 Å². The van der Waals surface area contributed by atoms with Crippen LogP contribution in [0.4, 0.5) is 0 Å². The first-order valence-corrected chi connectivity index (χ1v) is 5.98. The fourth-order valence-corrected chi connectivity index (χ4v) is 3.00. The Bertz CT molecular complexity index is 294. The Balaban J connectivity index is 2.81. The van der Waals surface area contributed by atoms with Gasteiger partial charge in [-0.1, -0.05) is 0 Å². The third kappa shape index (κ3) is 2.10. The van der Waals surface area contributed by atoms with Gasteiger partial charge >= 0.3 is 0 Å². The smallest absolute Gasteiger partial charge is 0.216 e. The highest BCUT2D eigenvalue weighted by atomic mass is 32.2. The van der Waals surface area contributed by atoms with Crippen LogP contribution in [0.5, 0.6) is 0 Å². The average Bonchev–Trinajstić information content (AvgIpc) is 2.03. The van der Waals surface area contributed by atoms with Crippen LogP contribution in [-0.2, 0) is 10.2 Å². The van der Waals surface area contributed by atoms with Crippen LogP contribution in [0, 0.1) is 11.3 Å². The third-order valence-corrected chi connectivity index (χ3v) is 3.67. The van der Waals surface area contributed by atoms with Gasteiger partial charge in [-0.3, -0.25) is 0 Å². The number of hydrogen-bond acceptors (Lipinski definition) is 4. The van der Waals surface area contributed by atoms with Gasteiger partial charge in [0, 0.05) is 18.1 Å². The first-order valence-electron chi connectivity index (χ1n) is 3.32. The highest BCUT2D eigenvalue weighted by Crippen LogP contribution is 2.17. The number of rotatable bonds is 1. The lowest BCUT2D eigenvalue weighted by atomic mass is 10.4. The van der Waals surface area contributed by atoms with E-state index in [9.17, 15) is 8.42 Å². The van der Waals surface area contributed by atoms with Crippen molar-refractivity contribution in [1.82, 2.24) is 4.31 Å². The molecule has 0 aliphatic carbocycles. The van der Waals surface area contributed by atoms with Crippen molar-refractivity contribution in [2.75, 3.05) is 18.1 Å². The summed E-state index contributed by atoms with van der Waals surface area (Å²) in [7, 11) is -3.69. The lowest BCUT2D eigenvalue weighted by molar-refractivity contribution is 0.398. The highest BCUT2D eigenvalue weighted by Gasteiger charge is 2.29. The lowest BCUT2D eigenvalue weighted by Gasteiger charge is -2.27. The van der Waals surface area contributed by atoms with E-state index in [1.807, 2.05) is 6.07 Å². The van der Waals surface area contributed by atoms with Crippen molar-refractivity contribution in [3.05, 3.63) is 0 Å². The number of hydrogen-bond donors (Lipinski definition) is 1. The van der Waals surface area contributed by atoms with Crippen molar-refractivity contribution < 1.29 is 8.42 Å². The zero-order chi connectivity index (χ0) is 9.19. The van der Waals surface area contributed by atoms with Crippen molar-refractivity contribution in [3.63, 3.8) is 0 Å². The van der Waals surface area contributed by atoms with Crippen molar-refractivity contribution >= 4 is 22.0 Å². The molecule has 2 N–H and O–H groups in total. The van der Waals surface area contributed by atoms with Gasteiger partial charge in [0.25, 0.3) is 10.2 Å². The number of nitriles is 1. The molecule has 0 aromatic rings. The second-order valence-electron chi connectivity index (χ2n) is 2.38. The molecule has 1 fully saturated rings. The molecule has 0 aromatic carbocycles. The molecule has 1 aliphatic rings. The summed E-state index contributed by atoms with van der Waals surface area (Å²) in [6.45, 7) is 0.335. The maximum Gasteiger partial charge on any atom is 0.278 e. The molecule has 1 aliphatic heterocycles. The van der Waals surface area contributed by atoms with Crippen LogP contribution in [0.15, 0.2) is 0 Å². The molecule has 5 nitrogen and oxygen atoms in total. The molecule has 7 heteroatoms. The van der Waals surface area contributed by atoms with E-state index in [0.717, 1.165) is 4.31 Å². The number of nitrogens with two attached hydrogens (primary N) is 1. The van der Waals surface area contributed by atoms with Crippen LogP contribution < -0.4 is 5.14 Å². The number of nitrogens with zero attached hydrogens (tertiary/aromatic N) is 2. The molecule has 1 heterocycles. The summed E-state index contributed by atoms with van der Waals surface area (Å²) in [5.74, 6) is 1.21. The van der Waals surface area contributed by atoms with E-state index in [0.29, 0.717) is 18.1 Å². The standard InChI is InChI=1S/C5H9N3O2S2/c6-3-5-4-11-2-1-8(5)12(7,9)10/h5H,1-2,4H2,(H2,7,9,10). The van der Waals surface area contributed by atoms with E-state index in [1.165, 1.54) is 0 Å². The lowest BCUT2D eigenvalue weighted by Crippen LogP contribution is -2.48. The van der Waals surface area contributed by atoms with Crippen LogP contribution >= 0.6 is 11.8 Å². The van der Waals surface area contributed by atoms with Gasteiger partial charge in [0.2, 0.25) is 0 Å². The highest BCUT2D eigenvalue weighted by molar-refractivity contribution is 7.99. The van der Waals surface area contributed by atoms with Crippen LogP contribution in [0.1, 0.15) is 0 Å². The molecule has 0 amide bonds. The van der Waals surface area contributed by atoms with E-state index in [2.05, 4.69) is 0 Å². The van der Waals surface area contributed by atoms with Gasteiger partial charge in [-0.25, -0.2) is 5.14 Å². The molecule has 0 bridgehead atoms. The summed E-state index contributed by atoms with van der Waals surface area (Å²) in [4.78, 5) is 0. The minimum absolute atomic E-state index is 0.335. The zero-order valence-corrected chi connectivity index (χ0v) is 7.94. The maximum absolute atomic E-state index is 10.9. The van der Waals surface area contributed by atoms with Crippen molar-refractivity contribution in [1.29, 1.82) is 5.26 Å². The van der Waals surface area contributed by atoms with Gasteiger partial charge in [-0.2, -0.15) is 29.7 Å². The summed E-state index contributed by atoms with van der Waals surface area (Å²) in [5, 5.41) is 13.5. The molecule has 0 spiro atoms. The van der Waals surface area contributed by atoms with E-state index in [-0.39, 0.29) is 0 Å². The quantitative estimate of drug-likeness (QED) is 0.605. The second-order valence-corrected chi connectivity index (χ2v) is 5.02. The van der Waals surface area contributed by atoms with Gasteiger partial charge in [0.05, 0.1) is 6.07 Å². The Morgan fingerprint density at radius 2 is 2.33 bits per heavy atom.